The second-order valence-electron chi connectivity index (χ2n) is 5.37. The standard InChI is InChI=1S/C16H24FNO2/c1-11(17)14-10-16(20-3)15(19-2)9-12(14)8-13-6-4-5-7-18-13/h9-11,13,18H,4-8H2,1-3H3. The Balaban J connectivity index is 2.28. The summed E-state index contributed by atoms with van der Waals surface area (Å²) < 4.78 is 24.5. The van der Waals surface area contributed by atoms with E-state index < -0.39 is 6.17 Å². The van der Waals surface area contributed by atoms with E-state index in [1.165, 1.54) is 12.8 Å². The number of rotatable bonds is 5. The average Bonchev–Trinajstić information content (AvgIpc) is 2.47. The first kappa shape index (κ1) is 15.1. The zero-order valence-electron chi connectivity index (χ0n) is 12.5. The van der Waals surface area contributed by atoms with Crippen molar-refractivity contribution in [2.45, 2.75) is 44.8 Å². The Morgan fingerprint density at radius 3 is 2.50 bits per heavy atom. The van der Waals surface area contributed by atoms with Gasteiger partial charge in [0.25, 0.3) is 0 Å². The molecule has 112 valence electrons. The Hall–Kier alpha value is -1.29. The van der Waals surface area contributed by atoms with Crippen LogP contribution in [0.3, 0.4) is 0 Å². The molecule has 0 aliphatic carbocycles. The summed E-state index contributed by atoms with van der Waals surface area (Å²) in [5, 5.41) is 3.51. The van der Waals surface area contributed by atoms with Crippen LogP contribution in [0.1, 0.15) is 43.5 Å². The highest BCUT2D eigenvalue weighted by Crippen LogP contribution is 2.35. The van der Waals surface area contributed by atoms with Gasteiger partial charge in [0.2, 0.25) is 0 Å². The molecule has 1 saturated heterocycles. The summed E-state index contributed by atoms with van der Waals surface area (Å²) in [7, 11) is 3.19. The minimum absolute atomic E-state index is 0.430. The molecule has 2 unspecified atom stereocenters. The highest BCUT2D eigenvalue weighted by molar-refractivity contribution is 5.48. The number of alkyl halides is 1. The van der Waals surface area contributed by atoms with Crippen molar-refractivity contribution in [2.75, 3.05) is 20.8 Å². The summed E-state index contributed by atoms with van der Waals surface area (Å²) in [5.74, 6) is 1.26. The zero-order chi connectivity index (χ0) is 14.5. The number of methoxy groups -OCH3 is 2. The van der Waals surface area contributed by atoms with Gasteiger partial charge in [0.15, 0.2) is 11.5 Å². The molecule has 0 bridgehead atoms. The lowest BCUT2D eigenvalue weighted by molar-refractivity contribution is 0.342. The van der Waals surface area contributed by atoms with E-state index in [0.29, 0.717) is 23.1 Å². The number of piperidine rings is 1. The Morgan fingerprint density at radius 1 is 1.25 bits per heavy atom. The fourth-order valence-corrected chi connectivity index (χ4v) is 2.85. The quantitative estimate of drug-likeness (QED) is 0.897. The first-order valence-corrected chi connectivity index (χ1v) is 7.28. The van der Waals surface area contributed by atoms with Crippen LogP contribution in [0.15, 0.2) is 12.1 Å². The topological polar surface area (TPSA) is 30.5 Å². The predicted octanol–water partition coefficient (Wildman–Crippen LogP) is 3.42. The van der Waals surface area contributed by atoms with Gasteiger partial charge < -0.3 is 14.8 Å². The number of hydrogen-bond donors (Lipinski definition) is 1. The third-order valence-electron chi connectivity index (χ3n) is 3.95. The van der Waals surface area contributed by atoms with Gasteiger partial charge >= 0.3 is 0 Å². The molecule has 1 aliphatic rings. The molecule has 20 heavy (non-hydrogen) atoms. The number of benzene rings is 1. The van der Waals surface area contributed by atoms with Crippen LogP contribution in [0.4, 0.5) is 4.39 Å². The summed E-state index contributed by atoms with van der Waals surface area (Å²) in [6.07, 6.45) is 3.45. The van der Waals surface area contributed by atoms with Crippen LogP contribution in [-0.2, 0) is 6.42 Å². The lowest BCUT2D eigenvalue weighted by Gasteiger charge is -2.25. The van der Waals surface area contributed by atoms with Crippen LogP contribution in [0.2, 0.25) is 0 Å². The summed E-state index contributed by atoms with van der Waals surface area (Å²) in [5.41, 5.74) is 1.71. The fourth-order valence-electron chi connectivity index (χ4n) is 2.85. The van der Waals surface area contributed by atoms with Gasteiger partial charge in [-0.2, -0.15) is 0 Å². The van der Waals surface area contributed by atoms with Crippen molar-refractivity contribution in [3.8, 4) is 11.5 Å². The number of hydrogen-bond acceptors (Lipinski definition) is 3. The molecule has 0 radical (unpaired) electrons. The molecule has 0 amide bonds. The van der Waals surface area contributed by atoms with Crippen LogP contribution < -0.4 is 14.8 Å². The molecule has 1 aromatic carbocycles. The number of halogens is 1. The van der Waals surface area contributed by atoms with E-state index >= 15 is 0 Å². The molecule has 0 spiro atoms. The summed E-state index contributed by atoms with van der Waals surface area (Å²) in [6, 6.07) is 4.11. The minimum atomic E-state index is -1.01. The van der Waals surface area contributed by atoms with Crippen molar-refractivity contribution in [1.82, 2.24) is 5.32 Å². The average molecular weight is 281 g/mol. The normalized spacial score (nSPS) is 20.5. The molecule has 0 saturated carbocycles. The molecule has 4 heteroatoms. The van der Waals surface area contributed by atoms with E-state index in [-0.39, 0.29) is 0 Å². The van der Waals surface area contributed by atoms with E-state index in [1.54, 1.807) is 27.2 Å². The van der Waals surface area contributed by atoms with Crippen LogP contribution >= 0.6 is 0 Å². The first-order chi connectivity index (χ1) is 9.65. The highest BCUT2D eigenvalue weighted by atomic mass is 19.1. The van der Waals surface area contributed by atoms with Crippen LogP contribution in [0.5, 0.6) is 11.5 Å². The second kappa shape index (κ2) is 6.93. The van der Waals surface area contributed by atoms with Crippen molar-refractivity contribution in [3.05, 3.63) is 23.3 Å². The maximum atomic E-state index is 13.9. The van der Waals surface area contributed by atoms with Crippen LogP contribution in [0, 0.1) is 0 Å². The van der Waals surface area contributed by atoms with Gasteiger partial charge in [-0.05, 0) is 56.0 Å². The molecule has 3 nitrogen and oxygen atoms in total. The maximum Gasteiger partial charge on any atom is 0.161 e. The Kier molecular flexibility index (Phi) is 5.24. The summed E-state index contributed by atoms with van der Waals surface area (Å²) >= 11 is 0. The van der Waals surface area contributed by atoms with Crippen molar-refractivity contribution in [2.24, 2.45) is 0 Å². The third-order valence-corrected chi connectivity index (χ3v) is 3.95. The van der Waals surface area contributed by atoms with Gasteiger partial charge in [0, 0.05) is 6.04 Å². The monoisotopic (exact) mass is 281 g/mol. The Labute approximate surface area is 120 Å². The molecule has 2 atom stereocenters. The molecule has 1 N–H and O–H groups in total. The van der Waals surface area contributed by atoms with Gasteiger partial charge in [-0.1, -0.05) is 6.42 Å². The smallest absolute Gasteiger partial charge is 0.161 e. The molecule has 1 heterocycles. The molecule has 1 aromatic rings. The lowest BCUT2D eigenvalue weighted by atomic mass is 9.93. The molecule has 1 aliphatic heterocycles. The third kappa shape index (κ3) is 3.42. The summed E-state index contributed by atoms with van der Waals surface area (Å²) in [6.45, 7) is 2.62. The predicted molar refractivity (Wildman–Crippen MR) is 78.4 cm³/mol. The zero-order valence-corrected chi connectivity index (χ0v) is 12.5. The van der Waals surface area contributed by atoms with Crippen LogP contribution in [0.25, 0.3) is 0 Å². The first-order valence-electron chi connectivity index (χ1n) is 7.28. The SMILES string of the molecule is COc1cc(CC2CCCCN2)c(C(C)F)cc1OC. The van der Waals surface area contributed by atoms with Gasteiger partial charge in [-0.25, -0.2) is 4.39 Å². The Bertz CT molecular complexity index is 442. The van der Waals surface area contributed by atoms with E-state index in [2.05, 4.69) is 5.32 Å². The number of nitrogens with one attached hydrogen (secondary N) is 1. The second-order valence-corrected chi connectivity index (χ2v) is 5.37. The summed E-state index contributed by atoms with van der Waals surface area (Å²) in [4.78, 5) is 0. The number of ether oxygens (including phenoxy) is 2. The minimum Gasteiger partial charge on any atom is -0.493 e. The molecular formula is C16H24FNO2. The van der Waals surface area contributed by atoms with Crippen LogP contribution in [-0.4, -0.2) is 26.8 Å². The van der Waals surface area contributed by atoms with E-state index in [4.69, 9.17) is 9.47 Å². The molecule has 0 aromatic heterocycles. The maximum absolute atomic E-state index is 13.9. The van der Waals surface area contributed by atoms with E-state index in [9.17, 15) is 4.39 Å². The molecule has 1 fully saturated rings. The fraction of sp³-hybridized carbons (Fsp3) is 0.625. The van der Waals surface area contributed by atoms with E-state index in [1.807, 2.05) is 6.07 Å². The van der Waals surface area contributed by atoms with E-state index in [0.717, 1.165) is 24.9 Å². The largest absolute Gasteiger partial charge is 0.493 e. The van der Waals surface area contributed by atoms with Gasteiger partial charge in [-0.15, -0.1) is 0 Å². The van der Waals surface area contributed by atoms with Crippen molar-refractivity contribution in [3.63, 3.8) is 0 Å². The van der Waals surface area contributed by atoms with Gasteiger partial charge in [-0.3, -0.25) is 0 Å². The van der Waals surface area contributed by atoms with Crippen molar-refractivity contribution >= 4 is 0 Å². The Morgan fingerprint density at radius 2 is 1.95 bits per heavy atom. The lowest BCUT2D eigenvalue weighted by Crippen LogP contribution is -2.35. The molecule has 2 rings (SSSR count). The molecular weight excluding hydrogens is 257 g/mol. The van der Waals surface area contributed by atoms with Crippen molar-refractivity contribution < 1.29 is 13.9 Å². The highest BCUT2D eigenvalue weighted by Gasteiger charge is 2.20. The van der Waals surface area contributed by atoms with Gasteiger partial charge in [0.1, 0.15) is 6.17 Å². The van der Waals surface area contributed by atoms with Gasteiger partial charge in [0.05, 0.1) is 14.2 Å². The van der Waals surface area contributed by atoms with Crippen molar-refractivity contribution in [1.29, 1.82) is 0 Å².